The lowest BCUT2D eigenvalue weighted by molar-refractivity contribution is -0.293. The number of urea groups is 1. The van der Waals surface area contributed by atoms with Crippen LogP contribution < -0.4 is 9.80 Å². The molecule has 3 heterocycles. The molecule has 1 atom stereocenters. The molecular formula is C19H25N5O4. The molecule has 1 aromatic carbocycles. The molecule has 0 bridgehead atoms. The molecule has 150 valence electrons. The molecule has 9 heteroatoms. The van der Waals surface area contributed by atoms with E-state index in [1.807, 2.05) is 36.1 Å². The fourth-order valence-electron chi connectivity index (χ4n) is 4.33. The minimum atomic E-state index is -1.88. The third-order valence-electron chi connectivity index (χ3n) is 5.77. The number of benzene rings is 1. The number of likely N-dealkylation sites (tertiary alicyclic amines) is 1. The van der Waals surface area contributed by atoms with Crippen LogP contribution in [0.1, 0.15) is 19.8 Å². The second-order valence-electron chi connectivity index (χ2n) is 7.25. The van der Waals surface area contributed by atoms with Gasteiger partial charge in [0, 0.05) is 26.7 Å². The van der Waals surface area contributed by atoms with Crippen molar-refractivity contribution in [3.05, 3.63) is 24.3 Å². The average molecular weight is 387 g/mol. The predicted octanol–water partition coefficient (Wildman–Crippen LogP) is 1.61. The highest BCUT2D eigenvalue weighted by atomic mass is 17.1. The van der Waals surface area contributed by atoms with Gasteiger partial charge in [-0.1, -0.05) is 12.1 Å². The molecule has 3 amide bonds. The van der Waals surface area contributed by atoms with Crippen molar-refractivity contribution in [2.24, 2.45) is 4.99 Å². The van der Waals surface area contributed by atoms with Crippen molar-refractivity contribution in [3.63, 3.8) is 0 Å². The fraction of sp³-hybridized carbons (Fsp3) is 0.526. The number of para-hydroxylation sites is 2. The van der Waals surface area contributed by atoms with Crippen molar-refractivity contribution >= 4 is 29.1 Å². The highest BCUT2D eigenvalue weighted by molar-refractivity contribution is 6.29. The summed E-state index contributed by atoms with van der Waals surface area (Å²) >= 11 is 0. The Bertz CT molecular complexity index is 822. The van der Waals surface area contributed by atoms with Crippen molar-refractivity contribution in [2.45, 2.75) is 25.5 Å². The van der Waals surface area contributed by atoms with Gasteiger partial charge in [0.1, 0.15) is 0 Å². The number of anilines is 2. The van der Waals surface area contributed by atoms with Crippen LogP contribution in [-0.4, -0.2) is 78.3 Å². The van der Waals surface area contributed by atoms with Gasteiger partial charge in [-0.15, -0.1) is 0 Å². The summed E-state index contributed by atoms with van der Waals surface area (Å²) in [7, 11) is 1.34. The van der Waals surface area contributed by atoms with Crippen LogP contribution in [0.2, 0.25) is 0 Å². The molecular weight excluding hydrogens is 362 g/mol. The number of fused-ring (bicyclic) bond motifs is 2. The molecule has 3 aliphatic heterocycles. The van der Waals surface area contributed by atoms with E-state index in [1.165, 1.54) is 19.9 Å². The van der Waals surface area contributed by atoms with Crippen LogP contribution in [0.25, 0.3) is 0 Å². The number of rotatable bonds is 5. The summed E-state index contributed by atoms with van der Waals surface area (Å²) < 4.78 is 0. The molecule has 1 N–H and O–H groups in total. The Kier molecular flexibility index (Phi) is 4.82. The average Bonchev–Trinajstić information content (AvgIpc) is 3.23. The number of hydrogen-bond donors (Lipinski definition) is 1. The Labute approximate surface area is 163 Å². The van der Waals surface area contributed by atoms with E-state index in [-0.39, 0.29) is 5.84 Å². The Hall–Kier alpha value is -2.49. The largest absolute Gasteiger partial charge is 0.352 e. The zero-order valence-electron chi connectivity index (χ0n) is 16.2. The highest BCUT2D eigenvalue weighted by Gasteiger charge is 2.61. The van der Waals surface area contributed by atoms with Gasteiger partial charge in [-0.3, -0.25) is 9.69 Å². The van der Waals surface area contributed by atoms with Crippen molar-refractivity contribution < 1.29 is 19.7 Å². The van der Waals surface area contributed by atoms with E-state index < -0.39 is 17.7 Å². The number of amides is 3. The van der Waals surface area contributed by atoms with E-state index in [0.717, 1.165) is 35.9 Å². The Morgan fingerprint density at radius 2 is 1.82 bits per heavy atom. The minimum absolute atomic E-state index is 0.114. The first kappa shape index (κ1) is 18.9. The second kappa shape index (κ2) is 7.16. The first-order valence-corrected chi connectivity index (χ1v) is 9.65. The van der Waals surface area contributed by atoms with Gasteiger partial charge >= 0.3 is 11.8 Å². The van der Waals surface area contributed by atoms with Gasteiger partial charge in [-0.2, -0.15) is 9.88 Å². The monoisotopic (exact) mass is 387 g/mol. The lowest BCUT2D eigenvalue weighted by Crippen LogP contribution is -2.74. The summed E-state index contributed by atoms with van der Waals surface area (Å²) in [6, 6.07) is 6.91. The molecule has 3 aliphatic rings. The third-order valence-corrected chi connectivity index (χ3v) is 5.77. The summed E-state index contributed by atoms with van der Waals surface area (Å²) in [6.07, 6.45) is 2.35. The Balaban J connectivity index is 1.84. The highest BCUT2D eigenvalue weighted by Crippen LogP contribution is 2.43. The van der Waals surface area contributed by atoms with Crippen LogP contribution in [0.5, 0.6) is 0 Å². The molecule has 0 aromatic heterocycles. The van der Waals surface area contributed by atoms with Gasteiger partial charge in [0.2, 0.25) is 0 Å². The molecule has 0 unspecified atom stereocenters. The van der Waals surface area contributed by atoms with Crippen LogP contribution >= 0.6 is 0 Å². The van der Waals surface area contributed by atoms with E-state index in [9.17, 15) is 14.8 Å². The quantitative estimate of drug-likeness (QED) is 0.606. The first-order valence-electron chi connectivity index (χ1n) is 9.65. The maximum absolute atomic E-state index is 13.2. The first-order chi connectivity index (χ1) is 13.5. The normalized spacial score (nSPS) is 25.1. The number of carbonyl (C=O) groups excluding carboxylic acids is 2. The zero-order chi connectivity index (χ0) is 19.9. The predicted molar refractivity (Wildman–Crippen MR) is 105 cm³/mol. The number of imide groups is 1. The number of likely N-dealkylation sites (N-methyl/N-ethyl adjacent to an activating group) is 2. The van der Waals surface area contributed by atoms with Crippen molar-refractivity contribution in [1.29, 1.82) is 0 Å². The number of hydrogen-bond acceptors (Lipinski definition) is 7. The molecule has 9 nitrogen and oxygen atoms in total. The summed E-state index contributed by atoms with van der Waals surface area (Å²) in [4.78, 5) is 41.3. The number of carbonyl (C=O) groups is 2. The van der Waals surface area contributed by atoms with Gasteiger partial charge in [-0.25, -0.2) is 10.1 Å². The minimum Gasteiger partial charge on any atom is -0.326 e. The van der Waals surface area contributed by atoms with Gasteiger partial charge < -0.3 is 14.7 Å². The van der Waals surface area contributed by atoms with Crippen LogP contribution in [0.4, 0.5) is 16.2 Å². The second-order valence-corrected chi connectivity index (χ2v) is 7.25. The molecule has 0 saturated carbocycles. The van der Waals surface area contributed by atoms with Crippen LogP contribution in [0, 0.1) is 0 Å². The SMILES string of the molecule is CCN1c2ccccc2N(CCN2CCCC2)C2=NC(=O)N(C)C(=O)[C@@]21OO. The molecule has 1 fully saturated rings. The number of aliphatic imine (C=N–C) groups is 1. The van der Waals surface area contributed by atoms with E-state index in [2.05, 4.69) is 9.89 Å². The van der Waals surface area contributed by atoms with E-state index in [1.54, 1.807) is 4.90 Å². The molecule has 1 saturated heterocycles. The Morgan fingerprint density at radius 3 is 2.46 bits per heavy atom. The summed E-state index contributed by atoms with van der Waals surface area (Å²) in [5.41, 5.74) is -0.299. The molecule has 0 spiro atoms. The van der Waals surface area contributed by atoms with Crippen LogP contribution in [0.3, 0.4) is 0 Å². The van der Waals surface area contributed by atoms with Crippen molar-refractivity contribution in [3.8, 4) is 0 Å². The zero-order valence-corrected chi connectivity index (χ0v) is 16.2. The van der Waals surface area contributed by atoms with E-state index in [4.69, 9.17) is 4.89 Å². The molecule has 4 rings (SSSR count). The smallest absolute Gasteiger partial charge is 0.326 e. The number of amidine groups is 1. The maximum Gasteiger partial charge on any atom is 0.352 e. The van der Waals surface area contributed by atoms with Crippen molar-refractivity contribution in [2.75, 3.05) is 49.6 Å². The Morgan fingerprint density at radius 1 is 1.14 bits per heavy atom. The van der Waals surface area contributed by atoms with Crippen LogP contribution in [-0.2, 0) is 9.68 Å². The maximum atomic E-state index is 13.2. The number of nitrogens with zero attached hydrogens (tertiary/aromatic N) is 5. The third kappa shape index (κ3) is 2.61. The van der Waals surface area contributed by atoms with Gasteiger partial charge in [0.05, 0.1) is 11.4 Å². The van der Waals surface area contributed by atoms with Gasteiger partial charge in [-0.05, 0) is 45.0 Å². The molecule has 1 aromatic rings. The standard InChI is InChI=1S/C19H25N5O4/c1-3-24-15-9-5-4-8-14(15)23(13-12-22-10-6-7-11-22)16-19(24,28-27)17(25)21(2)18(26)20-16/h4-5,8-9,27H,3,6-7,10-13H2,1-2H3/t19-/m0/s1. The topological polar surface area (TPSA) is 88.9 Å². The van der Waals surface area contributed by atoms with Gasteiger partial charge in [0.25, 0.3) is 5.91 Å². The fourth-order valence-corrected chi connectivity index (χ4v) is 4.33. The lowest BCUT2D eigenvalue weighted by Gasteiger charge is -2.51. The summed E-state index contributed by atoms with van der Waals surface area (Å²) in [6.45, 7) is 5.60. The lowest BCUT2D eigenvalue weighted by atomic mass is 9.98. The van der Waals surface area contributed by atoms with E-state index in [0.29, 0.717) is 13.1 Å². The summed E-state index contributed by atoms with van der Waals surface area (Å²) in [5.74, 6) is -0.546. The van der Waals surface area contributed by atoms with Crippen LogP contribution in [0.15, 0.2) is 29.3 Å². The molecule has 0 aliphatic carbocycles. The van der Waals surface area contributed by atoms with Crippen molar-refractivity contribution in [1.82, 2.24) is 9.80 Å². The van der Waals surface area contributed by atoms with Gasteiger partial charge in [0.15, 0.2) is 5.84 Å². The molecule has 0 radical (unpaired) electrons. The van der Waals surface area contributed by atoms with E-state index >= 15 is 0 Å². The summed E-state index contributed by atoms with van der Waals surface area (Å²) in [5, 5.41) is 9.96. The molecule has 28 heavy (non-hydrogen) atoms.